The molecule has 0 aliphatic heterocycles. The zero-order valence-corrected chi connectivity index (χ0v) is 10.8. The number of aromatic nitrogens is 2. The molecule has 0 aliphatic rings. The van der Waals surface area contributed by atoms with Crippen molar-refractivity contribution < 1.29 is 4.74 Å². The lowest BCUT2D eigenvalue weighted by Gasteiger charge is -2.10. The Labute approximate surface area is 112 Å². The van der Waals surface area contributed by atoms with Gasteiger partial charge in [0.05, 0.1) is 12.8 Å². The third kappa shape index (κ3) is 2.80. The molecule has 4 nitrogen and oxygen atoms in total. The van der Waals surface area contributed by atoms with Crippen LogP contribution in [0.25, 0.3) is 12.2 Å². The van der Waals surface area contributed by atoms with Gasteiger partial charge in [0.2, 0.25) is 0 Å². The Hall–Kier alpha value is -2.62. The molecule has 2 aromatic rings. The van der Waals surface area contributed by atoms with Gasteiger partial charge in [0, 0.05) is 6.20 Å². The van der Waals surface area contributed by atoms with Crippen molar-refractivity contribution in [2.45, 2.75) is 0 Å². The summed E-state index contributed by atoms with van der Waals surface area (Å²) in [6.45, 7) is 7.48. The number of anilines is 2. The molecule has 2 aromatic heterocycles. The predicted octanol–water partition coefficient (Wildman–Crippen LogP) is 3.51. The van der Waals surface area contributed by atoms with Gasteiger partial charge in [-0.1, -0.05) is 19.2 Å². The van der Waals surface area contributed by atoms with E-state index in [0.29, 0.717) is 17.4 Å². The first-order valence-corrected chi connectivity index (χ1v) is 5.80. The Kier molecular flexibility index (Phi) is 3.93. The number of hydrogen-bond donors (Lipinski definition) is 1. The molecular formula is C15H15N3O. The molecule has 0 aliphatic carbocycles. The highest BCUT2D eigenvalue weighted by atomic mass is 16.5. The molecule has 0 saturated carbocycles. The molecule has 2 heterocycles. The van der Waals surface area contributed by atoms with Gasteiger partial charge in [-0.2, -0.15) is 0 Å². The number of methoxy groups -OCH3 is 1. The fourth-order valence-corrected chi connectivity index (χ4v) is 1.66. The average Bonchev–Trinajstić information content (AvgIpc) is 2.47. The molecule has 0 fully saturated rings. The summed E-state index contributed by atoms with van der Waals surface area (Å²) in [5.41, 5.74) is 1.71. The lowest BCUT2D eigenvalue weighted by Crippen LogP contribution is -2.00. The van der Waals surface area contributed by atoms with E-state index in [1.807, 2.05) is 24.3 Å². The monoisotopic (exact) mass is 253 g/mol. The highest BCUT2D eigenvalue weighted by Gasteiger charge is 2.05. The van der Waals surface area contributed by atoms with E-state index in [-0.39, 0.29) is 0 Å². The molecule has 0 atom stereocenters. The van der Waals surface area contributed by atoms with Gasteiger partial charge in [0.1, 0.15) is 5.82 Å². The second kappa shape index (κ2) is 5.82. The van der Waals surface area contributed by atoms with Crippen LogP contribution in [-0.2, 0) is 0 Å². The van der Waals surface area contributed by atoms with Crippen molar-refractivity contribution in [2.75, 3.05) is 12.4 Å². The van der Waals surface area contributed by atoms with Crippen molar-refractivity contribution in [2.24, 2.45) is 0 Å². The summed E-state index contributed by atoms with van der Waals surface area (Å²) in [5.74, 6) is 1.97. The number of rotatable bonds is 5. The highest BCUT2D eigenvalue weighted by molar-refractivity contribution is 5.65. The largest absolute Gasteiger partial charge is 0.493 e. The first kappa shape index (κ1) is 12.8. The normalized spacial score (nSPS) is 9.74. The van der Waals surface area contributed by atoms with Crippen LogP contribution >= 0.6 is 0 Å². The minimum absolute atomic E-state index is 0.624. The summed E-state index contributed by atoms with van der Waals surface area (Å²) in [5, 5.41) is 3.12. The molecule has 0 bridgehead atoms. The zero-order valence-electron chi connectivity index (χ0n) is 10.8. The lowest BCUT2D eigenvalue weighted by molar-refractivity contribution is 0.415. The minimum Gasteiger partial charge on any atom is -0.493 e. The fourth-order valence-electron chi connectivity index (χ4n) is 1.66. The SMILES string of the molecule is C=Cc1ccc(Nc2ncccc2OC)nc1C=C. The fraction of sp³-hybridized carbons (Fsp3) is 0.0667. The molecule has 0 amide bonds. The van der Waals surface area contributed by atoms with Crippen molar-refractivity contribution >= 4 is 23.8 Å². The second-order valence-electron chi connectivity index (χ2n) is 3.76. The Morgan fingerprint density at radius 2 is 2.05 bits per heavy atom. The molecule has 4 heteroatoms. The van der Waals surface area contributed by atoms with Crippen LogP contribution in [0, 0.1) is 0 Å². The van der Waals surface area contributed by atoms with Crippen molar-refractivity contribution in [1.82, 2.24) is 9.97 Å². The van der Waals surface area contributed by atoms with E-state index in [9.17, 15) is 0 Å². The smallest absolute Gasteiger partial charge is 0.174 e. The number of nitrogens with zero attached hydrogens (tertiary/aromatic N) is 2. The van der Waals surface area contributed by atoms with Gasteiger partial charge >= 0.3 is 0 Å². The summed E-state index contributed by atoms with van der Waals surface area (Å²) >= 11 is 0. The standard InChI is InChI=1S/C15H15N3O/c1-4-11-8-9-14(17-12(11)5-2)18-15-13(19-3)7-6-10-16-15/h4-10H,1-2H2,3H3,(H,16,17,18). The van der Waals surface area contributed by atoms with E-state index in [4.69, 9.17) is 4.74 Å². The van der Waals surface area contributed by atoms with E-state index >= 15 is 0 Å². The van der Waals surface area contributed by atoms with E-state index < -0.39 is 0 Å². The summed E-state index contributed by atoms with van der Waals surface area (Å²) in [6.07, 6.45) is 5.13. The topological polar surface area (TPSA) is 47.0 Å². The van der Waals surface area contributed by atoms with Crippen molar-refractivity contribution in [3.05, 3.63) is 54.9 Å². The van der Waals surface area contributed by atoms with E-state index in [1.165, 1.54) is 0 Å². The van der Waals surface area contributed by atoms with Crippen LogP contribution in [0.1, 0.15) is 11.3 Å². The number of ether oxygens (including phenoxy) is 1. The van der Waals surface area contributed by atoms with Crippen molar-refractivity contribution in [3.63, 3.8) is 0 Å². The molecular weight excluding hydrogens is 238 g/mol. The van der Waals surface area contributed by atoms with Crippen molar-refractivity contribution in [3.8, 4) is 5.75 Å². The van der Waals surface area contributed by atoms with Crippen LogP contribution in [0.2, 0.25) is 0 Å². The van der Waals surface area contributed by atoms with Gasteiger partial charge in [-0.3, -0.25) is 0 Å². The zero-order chi connectivity index (χ0) is 13.7. The quantitative estimate of drug-likeness (QED) is 0.885. The Bertz CT molecular complexity index is 608. The molecule has 2 rings (SSSR count). The van der Waals surface area contributed by atoms with E-state index in [2.05, 4.69) is 28.4 Å². The van der Waals surface area contributed by atoms with E-state index in [0.717, 1.165) is 11.3 Å². The first-order chi connectivity index (χ1) is 9.28. The second-order valence-corrected chi connectivity index (χ2v) is 3.76. The van der Waals surface area contributed by atoms with Crippen LogP contribution in [-0.4, -0.2) is 17.1 Å². The average molecular weight is 253 g/mol. The van der Waals surface area contributed by atoms with Crippen LogP contribution in [0.3, 0.4) is 0 Å². The van der Waals surface area contributed by atoms with Crippen LogP contribution in [0.4, 0.5) is 11.6 Å². The van der Waals surface area contributed by atoms with Crippen LogP contribution in [0.5, 0.6) is 5.75 Å². The summed E-state index contributed by atoms with van der Waals surface area (Å²) in [4.78, 5) is 8.66. The third-order valence-corrected chi connectivity index (χ3v) is 2.61. The summed E-state index contributed by atoms with van der Waals surface area (Å²) in [6, 6.07) is 7.43. The van der Waals surface area contributed by atoms with Crippen molar-refractivity contribution in [1.29, 1.82) is 0 Å². The predicted molar refractivity (Wildman–Crippen MR) is 78.5 cm³/mol. The van der Waals surface area contributed by atoms with Gasteiger partial charge in [0.15, 0.2) is 11.6 Å². The Morgan fingerprint density at radius 1 is 1.21 bits per heavy atom. The third-order valence-electron chi connectivity index (χ3n) is 2.61. The molecule has 0 saturated heterocycles. The molecule has 19 heavy (non-hydrogen) atoms. The highest BCUT2D eigenvalue weighted by Crippen LogP contribution is 2.24. The number of nitrogens with one attached hydrogen (secondary N) is 1. The molecule has 1 N–H and O–H groups in total. The van der Waals surface area contributed by atoms with Gasteiger partial charge in [-0.25, -0.2) is 9.97 Å². The van der Waals surface area contributed by atoms with Gasteiger partial charge in [-0.15, -0.1) is 0 Å². The van der Waals surface area contributed by atoms with Crippen LogP contribution in [0.15, 0.2) is 43.6 Å². The first-order valence-electron chi connectivity index (χ1n) is 5.80. The number of pyridine rings is 2. The summed E-state index contributed by atoms with van der Waals surface area (Å²) < 4.78 is 5.23. The van der Waals surface area contributed by atoms with Crippen LogP contribution < -0.4 is 10.1 Å². The molecule has 0 aromatic carbocycles. The van der Waals surface area contributed by atoms with Gasteiger partial charge in [-0.05, 0) is 35.9 Å². The van der Waals surface area contributed by atoms with E-state index in [1.54, 1.807) is 25.5 Å². The van der Waals surface area contributed by atoms with Gasteiger partial charge in [0.25, 0.3) is 0 Å². The molecule has 0 radical (unpaired) electrons. The van der Waals surface area contributed by atoms with Gasteiger partial charge < -0.3 is 10.1 Å². The maximum absolute atomic E-state index is 5.23. The lowest BCUT2D eigenvalue weighted by atomic mass is 10.2. The maximum Gasteiger partial charge on any atom is 0.174 e. The maximum atomic E-state index is 5.23. The molecule has 96 valence electrons. The minimum atomic E-state index is 0.624. The Morgan fingerprint density at radius 3 is 2.74 bits per heavy atom. The summed E-state index contributed by atoms with van der Waals surface area (Å²) in [7, 11) is 1.60. The molecule has 0 spiro atoms. The Balaban J connectivity index is 2.33. The molecule has 0 unspecified atom stereocenters. The number of hydrogen-bond acceptors (Lipinski definition) is 4.